The molecular formula is C13H13BrClNO2. The summed E-state index contributed by atoms with van der Waals surface area (Å²) in [5, 5.41) is 13.3. The molecule has 1 aromatic heterocycles. The van der Waals surface area contributed by atoms with Crippen LogP contribution in [0.1, 0.15) is 17.4 Å². The second kappa shape index (κ2) is 6.38. The van der Waals surface area contributed by atoms with E-state index in [1.54, 1.807) is 12.3 Å². The summed E-state index contributed by atoms with van der Waals surface area (Å²) in [7, 11) is 0. The second-order valence-electron chi connectivity index (χ2n) is 3.87. The van der Waals surface area contributed by atoms with Crippen molar-refractivity contribution in [2.75, 3.05) is 6.61 Å². The van der Waals surface area contributed by atoms with Crippen molar-refractivity contribution in [3.8, 4) is 0 Å². The number of furan rings is 1. The van der Waals surface area contributed by atoms with Crippen molar-refractivity contribution in [3.05, 3.63) is 57.4 Å². The fourth-order valence-corrected chi connectivity index (χ4v) is 2.47. The normalized spacial score (nSPS) is 12.6. The lowest BCUT2D eigenvalue weighted by Gasteiger charge is -2.14. The van der Waals surface area contributed by atoms with Crippen molar-refractivity contribution >= 4 is 27.5 Å². The predicted molar refractivity (Wildman–Crippen MR) is 74.5 cm³/mol. The SMILES string of the molecule is OCC(NCc1ccc(Cl)cc1Br)c1ccco1. The minimum atomic E-state index is -0.206. The average Bonchev–Trinajstić information content (AvgIpc) is 2.86. The van der Waals surface area contributed by atoms with E-state index in [0.29, 0.717) is 11.6 Å². The average molecular weight is 331 g/mol. The van der Waals surface area contributed by atoms with E-state index in [4.69, 9.17) is 16.0 Å². The van der Waals surface area contributed by atoms with Crippen LogP contribution in [0.25, 0.3) is 0 Å². The first-order valence-electron chi connectivity index (χ1n) is 5.52. The minimum absolute atomic E-state index is 0.0152. The van der Waals surface area contributed by atoms with Gasteiger partial charge in [0.2, 0.25) is 0 Å². The summed E-state index contributed by atoms with van der Waals surface area (Å²) >= 11 is 9.34. The number of benzene rings is 1. The summed E-state index contributed by atoms with van der Waals surface area (Å²) in [5.41, 5.74) is 1.07. The first-order chi connectivity index (χ1) is 8.70. The summed E-state index contributed by atoms with van der Waals surface area (Å²) < 4.78 is 6.21. The lowest BCUT2D eigenvalue weighted by Crippen LogP contribution is -2.23. The number of rotatable bonds is 5. The van der Waals surface area contributed by atoms with E-state index in [-0.39, 0.29) is 12.6 Å². The first kappa shape index (κ1) is 13.6. The van der Waals surface area contributed by atoms with Gasteiger partial charge >= 0.3 is 0 Å². The Balaban J connectivity index is 2.02. The zero-order valence-electron chi connectivity index (χ0n) is 9.57. The Bertz CT molecular complexity index is 502. The lowest BCUT2D eigenvalue weighted by atomic mass is 10.2. The van der Waals surface area contributed by atoms with E-state index in [1.165, 1.54) is 0 Å². The molecule has 2 rings (SSSR count). The molecule has 0 spiro atoms. The Morgan fingerprint density at radius 2 is 2.22 bits per heavy atom. The van der Waals surface area contributed by atoms with E-state index in [9.17, 15) is 5.11 Å². The van der Waals surface area contributed by atoms with E-state index in [1.807, 2.05) is 24.3 Å². The topological polar surface area (TPSA) is 45.4 Å². The minimum Gasteiger partial charge on any atom is -0.468 e. The van der Waals surface area contributed by atoms with Gasteiger partial charge < -0.3 is 14.8 Å². The molecule has 0 bridgehead atoms. The van der Waals surface area contributed by atoms with Gasteiger partial charge in [-0.15, -0.1) is 0 Å². The van der Waals surface area contributed by atoms with Gasteiger partial charge in [0.1, 0.15) is 5.76 Å². The number of aliphatic hydroxyl groups excluding tert-OH is 1. The number of aliphatic hydroxyl groups is 1. The van der Waals surface area contributed by atoms with Gasteiger partial charge in [-0.3, -0.25) is 0 Å². The second-order valence-corrected chi connectivity index (χ2v) is 5.16. The monoisotopic (exact) mass is 329 g/mol. The summed E-state index contributed by atoms with van der Waals surface area (Å²) in [6.07, 6.45) is 1.60. The van der Waals surface area contributed by atoms with Gasteiger partial charge in [0.15, 0.2) is 0 Å². The van der Waals surface area contributed by atoms with Gasteiger partial charge in [-0.1, -0.05) is 33.6 Å². The zero-order valence-corrected chi connectivity index (χ0v) is 11.9. The summed E-state index contributed by atoms with van der Waals surface area (Å²) in [5.74, 6) is 0.725. The Labute approximate surface area is 119 Å². The maximum atomic E-state index is 9.33. The van der Waals surface area contributed by atoms with Crippen LogP contribution in [0, 0.1) is 0 Å². The number of hydrogen-bond donors (Lipinski definition) is 2. The molecule has 0 radical (unpaired) electrons. The van der Waals surface area contributed by atoms with Crippen molar-refractivity contribution in [2.24, 2.45) is 0 Å². The third-order valence-electron chi connectivity index (χ3n) is 2.62. The molecule has 2 N–H and O–H groups in total. The highest BCUT2D eigenvalue weighted by molar-refractivity contribution is 9.10. The molecule has 1 unspecified atom stereocenters. The van der Waals surface area contributed by atoms with Gasteiger partial charge in [0.25, 0.3) is 0 Å². The van der Waals surface area contributed by atoms with Crippen LogP contribution in [0.3, 0.4) is 0 Å². The van der Waals surface area contributed by atoms with Gasteiger partial charge in [-0.05, 0) is 29.8 Å². The Hall–Kier alpha value is -0.810. The van der Waals surface area contributed by atoms with Crippen LogP contribution in [0.15, 0.2) is 45.5 Å². The molecule has 1 atom stereocenters. The van der Waals surface area contributed by atoms with E-state index in [2.05, 4.69) is 21.2 Å². The quantitative estimate of drug-likeness (QED) is 0.881. The highest BCUT2D eigenvalue weighted by Gasteiger charge is 2.13. The molecule has 0 amide bonds. The third kappa shape index (κ3) is 3.36. The molecule has 2 aromatic rings. The molecule has 0 fully saturated rings. The van der Waals surface area contributed by atoms with Crippen molar-refractivity contribution in [1.29, 1.82) is 0 Å². The number of nitrogens with one attached hydrogen (secondary N) is 1. The third-order valence-corrected chi connectivity index (χ3v) is 3.60. The van der Waals surface area contributed by atoms with Gasteiger partial charge in [-0.25, -0.2) is 0 Å². The molecule has 0 saturated carbocycles. The molecule has 1 aromatic carbocycles. The fraction of sp³-hybridized carbons (Fsp3) is 0.231. The maximum absolute atomic E-state index is 9.33. The summed E-state index contributed by atoms with van der Waals surface area (Å²) in [6.45, 7) is 0.600. The molecule has 5 heteroatoms. The number of hydrogen-bond acceptors (Lipinski definition) is 3. The van der Waals surface area contributed by atoms with Crippen LogP contribution >= 0.6 is 27.5 Å². The summed E-state index contributed by atoms with van der Waals surface area (Å²) in [6, 6.07) is 9.06. The van der Waals surface area contributed by atoms with Crippen LogP contribution in [0.5, 0.6) is 0 Å². The highest BCUT2D eigenvalue weighted by atomic mass is 79.9. The van der Waals surface area contributed by atoms with Crippen LogP contribution < -0.4 is 5.32 Å². The molecule has 0 aliphatic rings. The molecule has 3 nitrogen and oxygen atoms in total. The van der Waals surface area contributed by atoms with E-state index in [0.717, 1.165) is 15.8 Å². The standard InChI is InChI=1S/C13H13BrClNO2/c14-11-6-10(15)4-3-9(11)7-16-12(8-17)13-2-1-5-18-13/h1-6,12,16-17H,7-8H2. The molecule has 18 heavy (non-hydrogen) atoms. The number of halogens is 2. The molecule has 0 aliphatic carbocycles. The zero-order chi connectivity index (χ0) is 13.0. The smallest absolute Gasteiger partial charge is 0.123 e. The Morgan fingerprint density at radius 1 is 1.39 bits per heavy atom. The summed E-state index contributed by atoms with van der Waals surface area (Å²) in [4.78, 5) is 0. The fourth-order valence-electron chi connectivity index (χ4n) is 1.64. The van der Waals surface area contributed by atoms with Crippen LogP contribution in [0.4, 0.5) is 0 Å². The molecule has 0 saturated heterocycles. The molecule has 0 aliphatic heterocycles. The van der Waals surface area contributed by atoms with Crippen LogP contribution in [0.2, 0.25) is 5.02 Å². The predicted octanol–water partition coefficient (Wildman–Crippen LogP) is 3.52. The van der Waals surface area contributed by atoms with Crippen molar-refractivity contribution in [3.63, 3.8) is 0 Å². The van der Waals surface area contributed by atoms with E-state index < -0.39 is 0 Å². The molecule has 1 heterocycles. The van der Waals surface area contributed by atoms with Crippen molar-refractivity contribution in [1.82, 2.24) is 5.32 Å². The van der Waals surface area contributed by atoms with Gasteiger partial charge in [-0.2, -0.15) is 0 Å². The van der Waals surface area contributed by atoms with Gasteiger partial charge in [0.05, 0.1) is 18.9 Å². The van der Waals surface area contributed by atoms with Crippen LogP contribution in [-0.2, 0) is 6.54 Å². The maximum Gasteiger partial charge on any atom is 0.123 e. The highest BCUT2D eigenvalue weighted by Crippen LogP contribution is 2.22. The largest absolute Gasteiger partial charge is 0.468 e. The Kier molecular flexibility index (Phi) is 4.83. The van der Waals surface area contributed by atoms with Crippen LogP contribution in [-0.4, -0.2) is 11.7 Å². The van der Waals surface area contributed by atoms with Crippen molar-refractivity contribution < 1.29 is 9.52 Å². The first-order valence-corrected chi connectivity index (χ1v) is 6.69. The molecular weight excluding hydrogens is 318 g/mol. The molecule has 96 valence electrons. The Morgan fingerprint density at radius 3 is 2.83 bits per heavy atom. The lowest BCUT2D eigenvalue weighted by molar-refractivity contribution is 0.225. The van der Waals surface area contributed by atoms with Gasteiger partial charge in [0, 0.05) is 16.0 Å². The van der Waals surface area contributed by atoms with E-state index >= 15 is 0 Å². The van der Waals surface area contributed by atoms with Crippen molar-refractivity contribution in [2.45, 2.75) is 12.6 Å².